The number of alkyl halides is 2. The summed E-state index contributed by atoms with van der Waals surface area (Å²) in [6.07, 6.45) is -2.79. The molecule has 162 valence electrons. The predicted octanol–water partition coefficient (Wildman–Crippen LogP) is 5.40. The molecule has 1 aliphatic rings. The fourth-order valence-electron chi connectivity index (χ4n) is 4.60. The molecule has 4 rings (SSSR count). The number of sulfonamides is 1. The van der Waals surface area contributed by atoms with Crippen LogP contribution in [0.4, 0.5) is 8.78 Å². The van der Waals surface area contributed by atoms with Gasteiger partial charge < -0.3 is 0 Å². The average molecular weight is 442 g/mol. The van der Waals surface area contributed by atoms with E-state index >= 15 is 0 Å². The molecule has 3 aromatic carbocycles. The fraction of sp³-hybridized carbons (Fsp3) is 0.280. The van der Waals surface area contributed by atoms with Gasteiger partial charge in [0.1, 0.15) is 0 Å². The van der Waals surface area contributed by atoms with Crippen molar-refractivity contribution >= 4 is 10.0 Å². The summed E-state index contributed by atoms with van der Waals surface area (Å²) < 4.78 is 55.5. The van der Waals surface area contributed by atoms with Crippen molar-refractivity contribution in [3.63, 3.8) is 0 Å². The molecule has 0 amide bonds. The zero-order valence-corrected chi connectivity index (χ0v) is 18.1. The van der Waals surface area contributed by atoms with E-state index < -0.39 is 34.3 Å². The normalized spacial score (nSPS) is 19.0. The maximum absolute atomic E-state index is 13.6. The van der Waals surface area contributed by atoms with E-state index in [4.69, 9.17) is 0 Å². The zero-order chi connectivity index (χ0) is 22.1. The average Bonchev–Trinajstić information content (AvgIpc) is 3.16. The summed E-state index contributed by atoms with van der Waals surface area (Å²) >= 11 is 0. The molecule has 0 bridgehead atoms. The van der Waals surface area contributed by atoms with Crippen LogP contribution in [0.2, 0.25) is 0 Å². The Morgan fingerprint density at radius 3 is 1.90 bits per heavy atom. The van der Waals surface area contributed by atoms with Crippen LogP contribution >= 0.6 is 0 Å². The largest absolute Gasteiger partial charge is 0.243 e. The Bertz CT molecular complexity index is 1080. The van der Waals surface area contributed by atoms with E-state index in [0.29, 0.717) is 6.42 Å². The number of hydrogen-bond donors (Lipinski definition) is 0. The van der Waals surface area contributed by atoms with Gasteiger partial charge in [-0.05, 0) is 36.6 Å². The minimum Gasteiger partial charge on any atom is -0.210 e. The number of benzene rings is 3. The summed E-state index contributed by atoms with van der Waals surface area (Å²) in [5.41, 5.74) is 2.11. The molecule has 6 heteroatoms. The zero-order valence-electron chi connectivity index (χ0n) is 17.3. The Morgan fingerprint density at radius 1 is 0.903 bits per heavy atom. The topological polar surface area (TPSA) is 37.4 Å². The first-order valence-corrected chi connectivity index (χ1v) is 11.7. The highest BCUT2D eigenvalue weighted by molar-refractivity contribution is 7.89. The standard InChI is InChI=1S/C25H25F2NO2S/c1-19-12-14-23(15-13-19)31(29,30)28-18-25(17-22(28)16-24(26)27,20-8-4-2-5-9-20)21-10-6-3-7-11-21/h2-15,22,24H,16-18H2,1H3. The van der Waals surface area contributed by atoms with Crippen LogP contribution in [0.1, 0.15) is 29.5 Å². The molecule has 1 heterocycles. The Labute approximate surface area is 182 Å². The molecule has 1 atom stereocenters. The minimum atomic E-state index is -3.94. The molecule has 0 N–H and O–H groups in total. The number of halogens is 2. The van der Waals surface area contributed by atoms with Crippen molar-refractivity contribution in [2.24, 2.45) is 0 Å². The van der Waals surface area contributed by atoms with Gasteiger partial charge in [0.05, 0.1) is 4.90 Å². The Hall–Kier alpha value is -2.57. The lowest BCUT2D eigenvalue weighted by Crippen LogP contribution is -2.38. The molecule has 1 fully saturated rings. The first kappa shape index (κ1) is 21.7. The third-order valence-corrected chi connectivity index (χ3v) is 8.06. The lowest BCUT2D eigenvalue weighted by molar-refractivity contribution is 0.114. The third-order valence-electron chi connectivity index (χ3n) is 6.15. The summed E-state index contributed by atoms with van der Waals surface area (Å²) in [6, 6.07) is 25.0. The van der Waals surface area contributed by atoms with E-state index in [2.05, 4.69) is 0 Å². The van der Waals surface area contributed by atoms with Crippen molar-refractivity contribution in [1.29, 1.82) is 0 Å². The first-order chi connectivity index (χ1) is 14.8. The van der Waals surface area contributed by atoms with E-state index in [-0.39, 0.29) is 11.4 Å². The van der Waals surface area contributed by atoms with Gasteiger partial charge in [-0.1, -0.05) is 78.4 Å². The lowest BCUT2D eigenvalue weighted by Gasteiger charge is -2.30. The monoisotopic (exact) mass is 441 g/mol. The van der Waals surface area contributed by atoms with Crippen LogP contribution in [-0.4, -0.2) is 31.7 Å². The van der Waals surface area contributed by atoms with Gasteiger partial charge in [-0.25, -0.2) is 17.2 Å². The summed E-state index contributed by atoms with van der Waals surface area (Å²) in [5.74, 6) is 0. The van der Waals surface area contributed by atoms with Crippen LogP contribution in [0.5, 0.6) is 0 Å². The van der Waals surface area contributed by atoms with Gasteiger partial charge in [0.15, 0.2) is 0 Å². The molecular weight excluding hydrogens is 416 g/mol. The van der Waals surface area contributed by atoms with Gasteiger partial charge in [0, 0.05) is 24.4 Å². The number of rotatable bonds is 6. The summed E-state index contributed by atoms with van der Waals surface area (Å²) in [5, 5.41) is 0. The molecular formula is C25H25F2NO2S. The molecule has 1 saturated heterocycles. The van der Waals surface area contributed by atoms with Crippen LogP contribution in [-0.2, 0) is 15.4 Å². The molecule has 31 heavy (non-hydrogen) atoms. The minimum absolute atomic E-state index is 0.120. The van der Waals surface area contributed by atoms with Crippen LogP contribution in [0.15, 0.2) is 89.8 Å². The quantitative estimate of drug-likeness (QED) is 0.514. The van der Waals surface area contributed by atoms with Crippen molar-refractivity contribution in [2.45, 2.75) is 42.5 Å². The van der Waals surface area contributed by atoms with Gasteiger partial charge in [-0.15, -0.1) is 0 Å². The van der Waals surface area contributed by atoms with Crippen molar-refractivity contribution < 1.29 is 17.2 Å². The second-order valence-corrected chi connectivity index (χ2v) is 10.1. The molecule has 0 radical (unpaired) electrons. The highest BCUT2D eigenvalue weighted by Gasteiger charge is 2.51. The van der Waals surface area contributed by atoms with Gasteiger partial charge >= 0.3 is 0 Å². The summed E-state index contributed by atoms with van der Waals surface area (Å²) in [7, 11) is -3.94. The summed E-state index contributed by atoms with van der Waals surface area (Å²) in [4.78, 5) is 0.134. The molecule has 1 aliphatic heterocycles. The van der Waals surface area contributed by atoms with E-state index in [0.717, 1.165) is 16.7 Å². The van der Waals surface area contributed by atoms with E-state index in [9.17, 15) is 17.2 Å². The lowest BCUT2D eigenvalue weighted by atomic mass is 9.72. The predicted molar refractivity (Wildman–Crippen MR) is 118 cm³/mol. The van der Waals surface area contributed by atoms with Crippen molar-refractivity contribution in [2.75, 3.05) is 6.54 Å². The van der Waals surface area contributed by atoms with E-state index in [1.165, 1.54) is 4.31 Å². The number of aryl methyl sites for hydroxylation is 1. The second-order valence-electron chi connectivity index (χ2n) is 8.16. The van der Waals surface area contributed by atoms with E-state index in [1.54, 1.807) is 24.3 Å². The molecule has 0 aromatic heterocycles. The highest BCUT2D eigenvalue weighted by atomic mass is 32.2. The van der Waals surface area contributed by atoms with Crippen LogP contribution in [0, 0.1) is 6.92 Å². The maximum atomic E-state index is 13.6. The molecule has 1 unspecified atom stereocenters. The number of nitrogens with zero attached hydrogens (tertiary/aromatic N) is 1. The molecule has 0 spiro atoms. The highest BCUT2D eigenvalue weighted by Crippen LogP contribution is 2.46. The van der Waals surface area contributed by atoms with Gasteiger partial charge in [0.25, 0.3) is 0 Å². The fourth-order valence-corrected chi connectivity index (χ4v) is 6.29. The SMILES string of the molecule is Cc1ccc(S(=O)(=O)N2CC(c3ccccc3)(c3ccccc3)CC2CC(F)F)cc1. The first-order valence-electron chi connectivity index (χ1n) is 10.3. The van der Waals surface area contributed by atoms with Crippen molar-refractivity contribution in [1.82, 2.24) is 4.31 Å². The Morgan fingerprint density at radius 2 is 1.42 bits per heavy atom. The van der Waals surface area contributed by atoms with E-state index in [1.807, 2.05) is 67.6 Å². The molecule has 3 nitrogen and oxygen atoms in total. The van der Waals surface area contributed by atoms with Gasteiger partial charge in [-0.2, -0.15) is 4.31 Å². The Kier molecular flexibility index (Phi) is 5.95. The van der Waals surface area contributed by atoms with Crippen molar-refractivity contribution in [3.05, 3.63) is 102 Å². The van der Waals surface area contributed by atoms with Gasteiger partial charge in [-0.3, -0.25) is 0 Å². The van der Waals surface area contributed by atoms with Crippen LogP contribution in [0.3, 0.4) is 0 Å². The number of hydrogen-bond acceptors (Lipinski definition) is 2. The molecule has 0 saturated carbocycles. The third kappa shape index (κ3) is 4.14. The smallest absolute Gasteiger partial charge is 0.210 e. The molecule has 3 aromatic rings. The second kappa shape index (κ2) is 8.52. The Balaban J connectivity index is 1.85. The van der Waals surface area contributed by atoms with Crippen molar-refractivity contribution in [3.8, 4) is 0 Å². The molecule has 0 aliphatic carbocycles. The van der Waals surface area contributed by atoms with Gasteiger partial charge in [0.2, 0.25) is 16.4 Å². The maximum Gasteiger partial charge on any atom is 0.243 e. The van der Waals surface area contributed by atoms with Crippen LogP contribution < -0.4 is 0 Å². The summed E-state index contributed by atoms with van der Waals surface area (Å²) in [6.45, 7) is 2.00. The van der Waals surface area contributed by atoms with Crippen LogP contribution in [0.25, 0.3) is 0 Å².